The van der Waals surface area contributed by atoms with Gasteiger partial charge in [-0.1, -0.05) is 13.8 Å². The van der Waals surface area contributed by atoms with E-state index in [4.69, 9.17) is 4.74 Å². The molecule has 0 radical (unpaired) electrons. The summed E-state index contributed by atoms with van der Waals surface area (Å²) in [5.74, 6) is 0. The van der Waals surface area contributed by atoms with E-state index in [2.05, 4.69) is 31.0 Å². The molecule has 0 spiro atoms. The van der Waals surface area contributed by atoms with Crippen LogP contribution in [-0.2, 0) is 4.74 Å². The molecule has 2 atom stereocenters. The van der Waals surface area contributed by atoms with Crippen LogP contribution in [0, 0.1) is 0 Å². The molecule has 1 heterocycles. The molecule has 78 valence electrons. The van der Waals surface area contributed by atoms with E-state index in [1.54, 1.807) is 0 Å². The monoisotopic (exact) mass is 186 g/mol. The number of likely N-dealkylation sites (N-methyl/N-ethyl adjacent to an activating group) is 2. The summed E-state index contributed by atoms with van der Waals surface area (Å²) in [5, 5.41) is 3.41. The second kappa shape index (κ2) is 5.58. The number of ether oxygens (including phenoxy) is 1. The van der Waals surface area contributed by atoms with Crippen molar-refractivity contribution in [1.82, 2.24) is 10.2 Å². The Kier molecular flexibility index (Phi) is 4.70. The standard InChI is InChI=1S/C10H22N2O/c1-4-11-9(3)10-8-12(5-2)6-7-13-10/h9-11H,4-8H2,1-3H3. The lowest BCUT2D eigenvalue weighted by Gasteiger charge is -2.35. The Hall–Kier alpha value is -0.120. The fourth-order valence-electron chi connectivity index (χ4n) is 1.77. The molecule has 0 aromatic carbocycles. The van der Waals surface area contributed by atoms with E-state index in [-0.39, 0.29) is 0 Å². The second-order valence-electron chi connectivity index (χ2n) is 3.65. The molecule has 0 saturated carbocycles. The van der Waals surface area contributed by atoms with Crippen molar-refractivity contribution in [1.29, 1.82) is 0 Å². The maximum absolute atomic E-state index is 5.72. The van der Waals surface area contributed by atoms with Gasteiger partial charge in [0.2, 0.25) is 0 Å². The van der Waals surface area contributed by atoms with Gasteiger partial charge >= 0.3 is 0 Å². The Morgan fingerprint density at radius 3 is 2.92 bits per heavy atom. The summed E-state index contributed by atoms with van der Waals surface area (Å²) in [6.07, 6.45) is 0.369. The Labute approximate surface area is 81.4 Å². The van der Waals surface area contributed by atoms with Crippen molar-refractivity contribution in [3.05, 3.63) is 0 Å². The van der Waals surface area contributed by atoms with Gasteiger partial charge in [0.05, 0.1) is 12.7 Å². The molecule has 3 nitrogen and oxygen atoms in total. The van der Waals surface area contributed by atoms with Crippen molar-refractivity contribution in [3.8, 4) is 0 Å². The van der Waals surface area contributed by atoms with Gasteiger partial charge in [0.1, 0.15) is 0 Å². The fraction of sp³-hybridized carbons (Fsp3) is 1.00. The lowest BCUT2D eigenvalue weighted by molar-refractivity contribution is -0.0415. The van der Waals surface area contributed by atoms with Crippen LogP contribution < -0.4 is 5.32 Å². The first-order chi connectivity index (χ1) is 6.27. The minimum absolute atomic E-state index is 0.369. The van der Waals surface area contributed by atoms with Gasteiger partial charge in [-0.05, 0) is 20.0 Å². The zero-order valence-electron chi connectivity index (χ0n) is 9.05. The first-order valence-corrected chi connectivity index (χ1v) is 5.35. The number of rotatable bonds is 4. The van der Waals surface area contributed by atoms with Crippen molar-refractivity contribution in [3.63, 3.8) is 0 Å². The number of hydrogen-bond donors (Lipinski definition) is 1. The third-order valence-corrected chi connectivity index (χ3v) is 2.71. The van der Waals surface area contributed by atoms with Crippen LogP contribution in [0.5, 0.6) is 0 Å². The molecule has 13 heavy (non-hydrogen) atoms. The van der Waals surface area contributed by atoms with Crippen molar-refractivity contribution in [2.75, 3.05) is 32.8 Å². The van der Waals surface area contributed by atoms with E-state index in [9.17, 15) is 0 Å². The molecule has 0 bridgehead atoms. The highest BCUT2D eigenvalue weighted by molar-refractivity contribution is 4.79. The van der Waals surface area contributed by atoms with E-state index in [0.717, 1.165) is 32.8 Å². The zero-order chi connectivity index (χ0) is 9.68. The summed E-state index contributed by atoms with van der Waals surface area (Å²) in [6, 6.07) is 0.472. The van der Waals surface area contributed by atoms with Gasteiger partial charge in [-0.2, -0.15) is 0 Å². The first-order valence-electron chi connectivity index (χ1n) is 5.35. The van der Waals surface area contributed by atoms with Gasteiger partial charge < -0.3 is 10.1 Å². The van der Waals surface area contributed by atoms with Gasteiger partial charge in [0, 0.05) is 19.1 Å². The predicted molar refractivity (Wildman–Crippen MR) is 55.0 cm³/mol. The molecule has 0 aromatic heterocycles. The molecule has 0 amide bonds. The molecule has 1 fully saturated rings. The molecule has 1 aliphatic rings. The first kappa shape index (κ1) is 11.0. The van der Waals surface area contributed by atoms with Crippen LogP contribution in [0.15, 0.2) is 0 Å². The van der Waals surface area contributed by atoms with Crippen LogP contribution in [-0.4, -0.2) is 49.8 Å². The third-order valence-electron chi connectivity index (χ3n) is 2.71. The van der Waals surface area contributed by atoms with Crippen molar-refractivity contribution < 1.29 is 4.74 Å². The van der Waals surface area contributed by atoms with E-state index in [0.29, 0.717) is 12.1 Å². The molecule has 3 heteroatoms. The van der Waals surface area contributed by atoms with Crippen molar-refractivity contribution in [2.45, 2.75) is 32.9 Å². The number of nitrogens with one attached hydrogen (secondary N) is 1. The molecule has 1 aliphatic heterocycles. The molecule has 2 unspecified atom stereocenters. The normalized spacial score (nSPS) is 27.5. The lowest BCUT2D eigenvalue weighted by atomic mass is 10.1. The largest absolute Gasteiger partial charge is 0.374 e. The smallest absolute Gasteiger partial charge is 0.0852 e. The lowest BCUT2D eigenvalue weighted by Crippen LogP contribution is -2.50. The van der Waals surface area contributed by atoms with Crippen molar-refractivity contribution >= 4 is 0 Å². The van der Waals surface area contributed by atoms with E-state index in [1.165, 1.54) is 0 Å². The molecular formula is C10H22N2O. The average molecular weight is 186 g/mol. The van der Waals surface area contributed by atoms with E-state index >= 15 is 0 Å². The van der Waals surface area contributed by atoms with Gasteiger partial charge in [-0.25, -0.2) is 0 Å². The molecule has 1 saturated heterocycles. The highest BCUT2D eigenvalue weighted by atomic mass is 16.5. The van der Waals surface area contributed by atoms with Crippen LogP contribution in [0.1, 0.15) is 20.8 Å². The average Bonchev–Trinajstić information content (AvgIpc) is 2.18. The molecule has 0 aliphatic carbocycles. The maximum atomic E-state index is 5.72. The van der Waals surface area contributed by atoms with Gasteiger partial charge in [-0.3, -0.25) is 4.90 Å². The molecule has 1 N–H and O–H groups in total. The topological polar surface area (TPSA) is 24.5 Å². The Balaban J connectivity index is 2.32. The number of nitrogens with zero attached hydrogens (tertiary/aromatic N) is 1. The Morgan fingerprint density at radius 2 is 2.31 bits per heavy atom. The molecule has 0 aromatic rings. The quantitative estimate of drug-likeness (QED) is 0.699. The van der Waals surface area contributed by atoms with Crippen molar-refractivity contribution in [2.24, 2.45) is 0 Å². The molecular weight excluding hydrogens is 164 g/mol. The van der Waals surface area contributed by atoms with Crippen LogP contribution in [0.3, 0.4) is 0 Å². The summed E-state index contributed by atoms with van der Waals surface area (Å²) in [5.41, 5.74) is 0. The summed E-state index contributed by atoms with van der Waals surface area (Å²) in [4.78, 5) is 2.45. The van der Waals surface area contributed by atoms with Crippen LogP contribution in [0.25, 0.3) is 0 Å². The second-order valence-corrected chi connectivity index (χ2v) is 3.65. The van der Waals surface area contributed by atoms with Crippen LogP contribution in [0.4, 0.5) is 0 Å². The Morgan fingerprint density at radius 1 is 1.54 bits per heavy atom. The maximum Gasteiger partial charge on any atom is 0.0852 e. The summed E-state index contributed by atoms with van der Waals surface area (Å²) < 4.78 is 5.72. The fourth-order valence-corrected chi connectivity index (χ4v) is 1.77. The van der Waals surface area contributed by atoms with E-state index < -0.39 is 0 Å². The number of morpholine rings is 1. The highest BCUT2D eigenvalue weighted by Gasteiger charge is 2.23. The SMILES string of the molecule is CCNC(C)C1CN(CC)CCO1. The van der Waals surface area contributed by atoms with Gasteiger partial charge in [0.25, 0.3) is 0 Å². The van der Waals surface area contributed by atoms with Crippen LogP contribution >= 0.6 is 0 Å². The zero-order valence-corrected chi connectivity index (χ0v) is 9.05. The highest BCUT2D eigenvalue weighted by Crippen LogP contribution is 2.08. The summed E-state index contributed by atoms with van der Waals surface area (Å²) in [7, 11) is 0. The Bertz CT molecular complexity index is 141. The summed E-state index contributed by atoms with van der Waals surface area (Å²) in [6.45, 7) is 11.8. The third kappa shape index (κ3) is 3.25. The number of hydrogen-bond acceptors (Lipinski definition) is 3. The van der Waals surface area contributed by atoms with E-state index in [1.807, 2.05) is 0 Å². The minimum atomic E-state index is 0.369. The summed E-state index contributed by atoms with van der Waals surface area (Å²) >= 11 is 0. The molecule has 1 rings (SSSR count). The van der Waals surface area contributed by atoms with Gasteiger partial charge in [0.15, 0.2) is 0 Å². The minimum Gasteiger partial charge on any atom is -0.374 e. The predicted octanol–water partition coefficient (Wildman–Crippen LogP) is 0.705. The van der Waals surface area contributed by atoms with Gasteiger partial charge in [-0.15, -0.1) is 0 Å². The van der Waals surface area contributed by atoms with Crippen LogP contribution in [0.2, 0.25) is 0 Å².